The van der Waals surface area contributed by atoms with Crippen LogP contribution in [-0.4, -0.2) is 11.7 Å². The molecule has 3 rings (SSSR count). The van der Waals surface area contributed by atoms with E-state index in [1.807, 2.05) is 12.1 Å². The highest BCUT2D eigenvalue weighted by Gasteiger charge is 2.20. The van der Waals surface area contributed by atoms with E-state index in [1.165, 1.54) is 16.8 Å². The third kappa shape index (κ3) is 2.70. The Morgan fingerprint density at radius 1 is 1.10 bits per heavy atom. The van der Waals surface area contributed by atoms with Gasteiger partial charge in [0.05, 0.1) is 6.10 Å². The fourth-order valence-corrected chi connectivity index (χ4v) is 2.89. The van der Waals surface area contributed by atoms with Crippen molar-refractivity contribution in [2.45, 2.75) is 32.4 Å². The van der Waals surface area contributed by atoms with Gasteiger partial charge in [0.2, 0.25) is 0 Å². The van der Waals surface area contributed by atoms with Crippen molar-refractivity contribution in [2.24, 2.45) is 0 Å². The van der Waals surface area contributed by atoms with Crippen LogP contribution in [0.4, 0.5) is 5.69 Å². The second-order valence-corrected chi connectivity index (χ2v) is 5.62. The average molecular weight is 267 g/mol. The molecule has 2 aromatic carbocycles. The molecule has 0 radical (unpaired) electrons. The Hall–Kier alpha value is -1.80. The fourth-order valence-electron chi connectivity index (χ4n) is 2.89. The topological polar surface area (TPSA) is 23.5 Å². The summed E-state index contributed by atoms with van der Waals surface area (Å²) in [6, 6.07) is 16.9. The van der Waals surface area contributed by atoms with Crippen LogP contribution in [0.5, 0.6) is 0 Å². The smallest absolute Gasteiger partial charge is 0.0810 e. The molecule has 2 heteroatoms. The SMILES string of the molecule is Cc1ccc(CN2CCCC(O)c3ccccc32)cc1. The minimum Gasteiger partial charge on any atom is -0.388 e. The summed E-state index contributed by atoms with van der Waals surface area (Å²) in [4.78, 5) is 2.39. The lowest BCUT2D eigenvalue weighted by molar-refractivity contribution is 0.168. The first-order valence-corrected chi connectivity index (χ1v) is 7.31. The Bertz CT molecular complexity index is 576. The van der Waals surface area contributed by atoms with Crippen molar-refractivity contribution in [2.75, 3.05) is 11.4 Å². The predicted octanol–water partition coefficient (Wildman–Crippen LogP) is 3.83. The molecular weight excluding hydrogens is 246 g/mol. The third-order valence-electron chi connectivity index (χ3n) is 4.04. The van der Waals surface area contributed by atoms with Crippen molar-refractivity contribution in [3.63, 3.8) is 0 Å². The molecule has 0 spiro atoms. The molecule has 1 N–H and O–H groups in total. The van der Waals surface area contributed by atoms with Gasteiger partial charge in [-0.1, -0.05) is 48.0 Å². The Balaban J connectivity index is 1.89. The Kier molecular flexibility index (Phi) is 3.75. The third-order valence-corrected chi connectivity index (χ3v) is 4.04. The highest BCUT2D eigenvalue weighted by molar-refractivity contribution is 5.55. The van der Waals surface area contributed by atoms with Crippen LogP contribution in [-0.2, 0) is 6.54 Å². The molecule has 20 heavy (non-hydrogen) atoms. The maximum Gasteiger partial charge on any atom is 0.0810 e. The summed E-state index contributed by atoms with van der Waals surface area (Å²) < 4.78 is 0. The summed E-state index contributed by atoms with van der Waals surface area (Å²) in [5.74, 6) is 0. The van der Waals surface area contributed by atoms with E-state index in [9.17, 15) is 5.11 Å². The number of aryl methyl sites for hydroxylation is 1. The predicted molar refractivity (Wildman–Crippen MR) is 82.9 cm³/mol. The van der Waals surface area contributed by atoms with Crippen LogP contribution in [0.15, 0.2) is 48.5 Å². The Morgan fingerprint density at radius 3 is 2.65 bits per heavy atom. The maximum absolute atomic E-state index is 10.2. The molecule has 0 saturated heterocycles. The molecule has 1 unspecified atom stereocenters. The zero-order valence-electron chi connectivity index (χ0n) is 11.9. The van der Waals surface area contributed by atoms with Crippen LogP contribution in [0.2, 0.25) is 0 Å². The maximum atomic E-state index is 10.2. The molecular formula is C18H21NO. The van der Waals surface area contributed by atoms with Crippen LogP contribution in [0.25, 0.3) is 0 Å². The molecule has 0 bridgehead atoms. The van der Waals surface area contributed by atoms with Crippen molar-refractivity contribution in [3.05, 3.63) is 65.2 Å². The van der Waals surface area contributed by atoms with E-state index in [4.69, 9.17) is 0 Å². The van der Waals surface area contributed by atoms with Crippen LogP contribution in [0, 0.1) is 6.92 Å². The number of rotatable bonds is 2. The number of benzene rings is 2. The lowest BCUT2D eigenvalue weighted by atomic mass is 10.0. The number of anilines is 1. The molecule has 0 aromatic heterocycles. The number of aliphatic hydroxyl groups excluding tert-OH is 1. The number of aliphatic hydroxyl groups is 1. The molecule has 2 aromatic rings. The molecule has 1 aliphatic rings. The van der Waals surface area contributed by atoms with Crippen LogP contribution in [0.3, 0.4) is 0 Å². The first-order chi connectivity index (χ1) is 9.74. The normalized spacial score (nSPS) is 18.5. The highest BCUT2D eigenvalue weighted by Crippen LogP contribution is 2.33. The van der Waals surface area contributed by atoms with E-state index < -0.39 is 0 Å². The van der Waals surface area contributed by atoms with Gasteiger partial charge in [0.1, 0.15) is 0 Å². The van der Waals surface area contributed by atoms with Gasteiger partial charge in [0.25, 0.3) is 0 Å². The van der Waals surface area contributed by atoms with Crippen LogP contribution < -0.4 is 4.90 Å². The van der Waals surface area contributed by atoms with E-state index in [0.717, 1.165) is 31.5 Å². The van der Waals surface area contributed by atoms with Gasteiger partial charge >= 0.3 is 0 Å². The quantitative estimate of drug-likeness (QED) is 0.894. The molecule has 0 saturated carbocycles. The highest BCUT2D eigenvalue weighted by atomic mass is 16.3. The first kappa shape index (κ1) is 13.2. The average Bonchev–Trinajstić information content (AvgIpc) is 2.62. The number of para-hydroxylation sites is 1. The van der Waals surface area contributed by atoms with Crippen molar-refractivity contribution >= 4 is 5.69 Å². The lowest BCUT2D eigenvalue weighted by Gasteiger charge is -2.25. The van der Waals surface area contributed by atoms with E-state index in [2.05, 4.69) is 48.2 Å². The van der Waals surface area contributed by atoms with Gasteiger partial charge in [0, 0.05) is 24.3 Å². The van der Waals surface area contributed by atoms with Crippen LogP contribution >= 0.6 is 0 Å². The zero-order valence-corrected chi connectivity index (χ0v) is 11.9. The second kappa shape index (κ2) is 5.68. The van der Waals surface area contributed by atoms with Crippen molar-refractivity contribution < 1.29 is 5.11 Å². The largest absolute Gasteiger partial charge is 0.388 e. The van der Waals surface area contributed by atoms with E-state index in [-0.39, 0.29) is 6.10 Å². The molecule has 1 heterocycles. The summed E-state index contributed by atoms with van der Waals surface area (Å²) in [6.07, 6.45) is 1.55. The van der Waals surface area contributed by atoms with Gasteiger partial charge in [-0.2, -0.15) is 0 Å². The molecule has 1 atom stereocenters. The monoisotopic (exact) mass is 267 g/mol. The summed E-state index contributed by atoms with van der Waals surface area (Å²) in [7, 11) is 0. The number of nitrogens with zero attached hydrogens (tertiary/aromatic N) is 1. The number of hydrogen-bond acceptors (Lipinski definition) is 2. The van der Waals surface area contributed by atoms with Crippen LogP contribution in [0.1, 0.15) is 35.6 Å². The van der Waals surface area contributed by atoms with Crippen molar-refractivity contribution in [3.8, 4) is 0 Å². The van der Waals surface area contributed by atoms with E-state index in [1.54, 1.807) is 0 Å². The molecule has 0 aliphatic carbocycles. The summed E-state index contributed by atoms with van der Waals surface area (Å²) in [6.45, 7) is 4.02. The summed E-state index contributed by atoms with van der Waals surface area (Å²) in [5, 5.41) is 10.2. The molecule has 1 aliphatic heterocycles. The lowest BCUT2D eigenvalue weighted by Crippen LogP contribution is -2.23. The minimum absolute atomic E-state index is 0.325. The molecule has 104 valence electrons. The van der Waals surface area contributed by atoms with Gasteiger partial charge in [-0.15, -0.1) is 0 Å². The van der Waals surface area contributed by atoms with Gasteiger partial charge in [-0.25, -0.2) is 0 Å². The second-order valence-electron chi connectivity index (χ2n) is 5.62. The number of hydrogen-bond donors (Lipinski definition) is 1. The summed E-state index contributed by atoms with van der Waals surface area (Å²) >= 11 is 0. The first-order valence-electron chi connectivity index (χ1n) is 7.31. The molecule has 0 amide bonds. The zero-order chi connectivity index (χ0) is 13.9. The standard InChI is InChI=1S/C18H21NO/c1-14-8-10-15(11-9-14)13-19-12-4-7-18(20)16-5-2-3-6-17(16)19/h2-3,5-6,8-11,18,20H,4,7,12-13H2,1H3. The van der Waals surface area contributed by atoms with Gasteiger partial charge in [-0.05, 0) is 31.4 Å². The summed E-state index contributed by atoms with van der Waals surface area (Å²) in [5.41, 5.74) is 4.86. The Morgan fingerprint density at radius 2 is 1.85 bits per heavy atom. The van der Waals surface area contributed by atoms with E-state index >= 15 is 0 Å². The molecule has 0 fully saturated rings. The van der Waals surface area contributed by atoms with Crippen molar-refractivity contribution in [1.29, 1.82) is 0 Å². The van der Waals surface area contributed by atoms with Gasteiger partial charge < -0.3 is 10.0 Å². The van der Waals surface area contributed by atoms with Gasteiger partial charge in [-0.3, -0.25) is 0 Å². The van der Waals surface area contributed by atoms with Gasteiger partial charge in [0.15, 0.2) is 0 Å². The van der Waals surface area contributed by atoms with E-state index in [0.29, 0.717) is 0 Å². The van der Waals surface area contributed by atoms with Crippen molar-refractivity contribution in [1.82, 2.24) is 0 Å². The molecule has 2 nitrogen and oxygen atoms in total. The fraction of sp³-hybridized carbons (Fsp3) is 0.333. The Labute approximate surface area is 120 Å². The minimum atomic E-state index is -0.325. The number of fused-ring (bicyclic) bond motifs is 1.